The van der Waals surface area contributed by atoms with Crippen molar-refractivity contribution >= 4 is 28.1 Å². The van der Waals surface area contributed by atoms with Crippen LogP contribution in [0, 0.1) is 5.82 Å². The summed E-state index contributed by atoms with van der Waals surface area (Å²) in [5.74, 6) is 0.833. The lowest BCUT2D eigenvalue weighted by Gasteiger charge is -2.27. The number of nitrogens with zero attached hydrogens (tertiary/aromatic N) is 2. The van der Waals surface area contributed by atoms with Crippen LogP contribution in [0.15, 0.2) is 85.1 Å². The first-order chi connectivity index (χ1) is 18.9. The van der Waals surface area contributed by atoms with E-state index in [2.05, 4.69) is 10.4 Å². The fourth-order valence-electron chi connectivity index (χ4n) is 4.37. The average Bonchev–Trinajstić information content (AvgIpc) is 3.59. The molecule has 0 unspecified atom stereocenters. The Labute approximate surface area is 229 Å². The minimum Gasteiger partial charge on any atom is -0.497 e. The van der Waals surface area contributed by atoms with E-state index in [0.29, 0.717) is 23.0 Å². The Hall–Kier alpha value is -4.21. The van der Waals surface area contributed by atoms with Crippen LogP contribution in [0.2, 0.25) is 0 Å². The maximum absolute atomic E-state index is 13.4. The summed E-state index contributed by atoms with van der Waals surface area (Å²) in [7, 11) is 3.24. The normalized spacial score (nSPS) is 12.7. The SMILES string of the molecule is COCc1ccc(C(=O)N[C@@H](C)[C@@H](Oc2ccc3c(cnn3-c3ccc(F)cc3)c2)c2cccc(OC)c2)s1. The van der Waals surface area contributed by atoms with Crippen molar-refractivity contribution in [1.29, 1.82) is 0 Å². The molecule has 2 atom stereocenters. The summed E-state index contributed by atoms with van der Waals surface area (Å²) in [5.41, 5.74) is 2.47. The molecule has 9 heteroatoms. The fraction of sp³-hybridized carbons (Fsp3) is 0.200. The van der Waals surface area contributed by atoms with Crippen molar-refractivity contribution in [3.63, 3.8) is 0 Å². The van der Waals surface area contributed by atoms with Crippen LogP contribution >= 0.6 is 11.3 Å². The number of methoxy groups -OCH3 is 2. The van der Waals surface area contributed by atoms with E-state index in [1.54, 1.807) is 43.3 Å². The number of benzene rings is 3. The second-order valence-electron chi connectivity index (χ2n) is 9.03. The number of amides is 1. The summed E-state index contributed by atoms with van der Waals surface area (Å²) in [6.45, 7) is 2.38. The van der Waals surface area contributed by atoms with Gasteiger partial charge in [0.25, 0.3) is 5.91 Å². The van der Waals surface area contributed by atoms with Crippen molar-refractivity contribution in [3.8, 4) is 17.2 Å². The van der Waals surface area contributed by atoms with Crippen LogP contribution in [-0.4, -0.2) is 35.9 Å². The topological polar surface area (TPSA) is 74.6 Å². The van der Waals surface area contributed by atoms with Crippen molar-refractivity contribution in [2.75, 3.05) is 14.2 Å². The number of carbonyl (C=O) groups is 1. The fourth-order valence-corrected chi connectivity index (χ4v) is 5.25. The molecule has 1 N–H and O–H groups in total. The number of nitrogens with one attached hydrogen (secondary N) is 1. The predicted molar refractivity (Wildman–Crippen MR) is 149 cm³/mol. The summed E-state index contributed by atoms with van der Waals surface area (Å²) < 4.78 is 32.3. The first-order valence-corrected chi connectivity index (χ1v) is 13.2. The molecule has 0 aliphatic carbocycles. The van der Waals surface area contributed by atoms with Gasteiger partial charge < -0.3 is 19.5 Å². The third-order valence-corrected chi connectivity index (χ3v) is 7.34. The second kappa shape index (κ2) is 11.7. The zero-order valence-electron chi connectivity index (χ0n) is 21.8. The Bertz CT molecular complexity index is 1580. The van der Waals surface area contributed by atoms with Crippen LogP contribution in [-0.2, 0) is 11.3 Å². The van der Waals surface area contributed by atoms with Gasteiger partial charge in [-0.3, -0.25) is 4.79 Å². The van der Waals surface area contributed by atoms with Crippen LogP contribution in [0.4, 0.5) is 4.39 Å². The van der Waals surface area contributed by atoms with Gasteiger partial charge in [-0.15, -0.1) is 11.3 Å². The highest BCUT2D eigenvalue weighted by Gasteiger charge is 2.25. The minimum absolute atomic E-state index is 0.178. The van der Waals surface area contributed by atoms with E-state index in [9.17, 15) is 9.18 Å². The number of thiophene rings is 1. The van der Waals surface area contributed by atoms with Crippen molar-refractivity contribution in [1.82, 2.24) is 15.1 Å². The summed E-state index contributed by atoms with van der Waals surface area (Å²) in [4.78, 5) is 14.6. The number of fused-ring (bicyclic) bond motifs is 1. The summed E-state index contributed by atoms with van der Waals surface area (Å²) in [6.07, 6.45) is 1.23. The van der Waals surface area contributed by atoms with Gasteiger partial charge in [0.05, 0.1) is 42.0 Å². The van der Waals surface area contributed by atoms with Crippen LogP contribution in [0.1, 0.15) is 33.1 Å². The van der Waals surface area contributed by atoms with Gasteiger partial charge in [-0.25, -0.2) is 9.07 Å². The minimum atomic E-state index is -0.507. The molecule has 0 fully saturated rings. The number of carbonyl (C=O) groups excluding carboxylic acids is 1. The Morgan fingerprint density at radius 2 is 1.85 bits per heavy atom. The van der Waals surface area contributed by atoms with E-state index in [1.165, 1.54) is 23.5 Å². The molecule has 200 valence electrons. The monoisotopic (exact) mass is 545 g/mol. The van der Waals surface area contributed by atoms with Crippen molar-refractivity contribution in [3.05, 3.63) is 106 Å². The molecule has 5 rings (SSSR count). The molecule has 1 amide bonds. The lowest BCUT2D eigenvalue weighted by Crippen LogP contribution is -2.39. The molecular formula is C30H28FN3O4S. The quantitative estimate of drug-likeness (QED) is 0.222. The van der Waals surface area contributed by atoms with Gasteiger partial charge in [-0.1, -0.05) is 12.1 Å². The van der Waals surface area contributed by atoms with E-state index < -0.39 is 6.10 Å². The van der Waals surface area contributed by atoms with Gasteiger partial charge in [-0.05, 0) is 79.2 Å². The molecule has 0 aliphatic heterocycles. The molecule has 0 bridgehead atoms. The van der Waals surface area contributed by atoms with E-state index >= 15 is 0 Å². The van der Waals surface area contributed by atoms with E-state index in [0.717, 1.165) is 27.0 Å². The Morgan fingerprint density at radius 3 is 2.62 bits per heavy atom. The van der Waals surface area contributed by atoms with Gasteiger partial charge in [0, 0.05) is 17.4 Å². The predicted octanol–water partition coefficient (Wildman–Crippen LogP) is 6.32. The van der Waals surface area contributed by atoms with Gasteiger partial charge in [0.15, 0.2) is 0 Å². The highest BCUT2D eigenvalue weighted by Crippen LogP contribution is 2.31. The molecule has 2 heterocycles. The third-order valence-electron chi connectivity index (χ3n) is 6.28. The van der Waals surface area contributed by atoms with Gasteiger partial charge >= 0.3 is 0 Å². The zero-order valence-corrected chi connectivity index (χ0v) is 22.6. The molecule has 0 radical (unpaired) electrons. The molecule has 0 saturated carbocycles. The first-order valence-electron chi connectivity index (χ1n) is 12.4. The van der Waals surface area contributed by atoms with Gasteiger partial charge in [0.1, 0.15) is 23.4 Å². The number of hydrogen-bond acceptors (Lipinski definition) is 6. The van der Waals surface area contributed by atoms with Crippen molar-refractivity contribution in [2.24, 2.45) is 0 Å². The second-order valence-corrected chi connectivity index (χ2v) is 10.2. The smallest absolute Gasteiger partial charge is 0.261 e. The molecule has 39 heavy (non-hydrogen) atoms. The zero-order chi connectivity index (χ0) is 27.4. The lowest BCUT2D eigenvalue weighted by atomic mass is 10.0. The lowest BCUT2D eigenvalue weighted by molar-refractivity contribution is 0.0886. The molecule has 0 spiro atoms. The number of rotatable bonds is 10. The highest BCUT2D eigenvalue weighted by molar-refractivity contribution is 7.14. The van der Waals surface area contributed by atoms with Crippen molar-refractivity contribution < 1.29 is 23.4 Å². The maximum Gasteiger partial charge on any atom is 0.261 e. The molecule has 3 aromatic carbocycles. The van der Waals surface area contributed by atoms with Crippen LogP contribution < -0.4 is 14.8 Å². The van der Waals surface area contributed by atoms with E-state index in [4.69, 9.17) is 14.2 Å². The van der Waals surface area contributed by atoms with Crippen molar-refractivity contribution in [2.45, 2.75) is 25.7 Å². The Kier molecular flexibility index (Phi) is 7.90. The van der Waals surface area contributed by atoms with Crippen LogP contribution in [0.5, 0.6) is 11.5 Å². The number of aromatic nitrogens is 2. The van der Waals surface area contributed by atoms with Gasteiger partial charge in [0.2, 0.25) is 0 Å². The molecular weight excluding hydrogens is 517 g/mol. The summed E-state index contributed by atoms with van der Waals surface area (Å²) in [5, 5.41) is 8.43. The first kappa shape index (κ1) is 26.4. The van der Waals surface area contributed by atoms with Crippen LogP contribution in [0.25, 0.3) is 16.6 Å². The molecule has 0 aliphatic rings. The number of ether oxygens (including phenoxy) is 3. The maximum atomic E-state index is 13.4. The summed E-state index contributed by atoms with van der Waals surface area (Å²) >= 11 is 1.40. The molecule has 0 saturated heterocycles. The largest absolute Gasteiger partial charge is 0.497 e. The van der Waals surface area contributed by atoms with Crippen LogP contribution in [0.3, 0.4) is 0 Å². The summed E-state index contributed by atoms with van der Waals surface area (Å²) in [6, 6.07) is 22.8. The third kappa shape index (κ3) is 5.94. The van der Waals surface area contributed by atoms with E-state index in [1.807, 2.05) is 55.5 Å². The highest BCUT2D eigenvalue weighted by atomic mass is 32.1. The van der Waals surface area contributed by atoms with E-state index in [-0.39, 0.29) is 17.8 Å². The Balaban J connectivity index is 1.41. The number of halogens is 1. The van der Waals surface area contributed by atoms with Gasteiger partial charge in [-0.2, -0.15) is 5.10 Å². The average molecular weight is 546 g/mol. The molecule has 2 aromatic heterocycles. The number of hydrogen-bond donors (Lipinski definition) is 1. The Morgan fingerprint density at radius 1 is 1.03 bits per heavy atom. The molecule has 5 aromatic rings. The standard InChI is InChI=1S/C30H28FN3O4S/c1-19(33-30(35)28-14-12-26(39-28)18-36-2)29(20-5-4-6-24(15-20)37-3)38-25-11-13-27-21(16-25)17-32-34(27)23-9-7-22(31)8-10-23/h4-17,19,29H,18H2,1-3H3,(H,33,35)/t19-,29+/m0/s1. The molecule has 7 nitrogen and oxygen atoms in total.